The fourth-order valence-corrected chi connectivity index (χ4v) is 2.26. The first-order chi connectivity index (χ1) is 8.60. The number of hydrogen-bond donors (Lipinski definition) is 1. The molecule has 0 bridgehead atoms. The van der Waals surface area contributed by atoms with Crippen LogP contribution in [0, 0.1) is 0 Å². The van der Waals surface area contributed by atoms with Crippen LogP contribution >= 0.6 is 0 Å². The summed E-state index contributed by atoms with van der Waals surface area (Å²) < 4.78 is 5.68. The molecule has 1 N–H and O–H groups in total. The predicted octanol–water partition coefficient (Wildman–Crippen LogP) is 2.56. The van der Waals surface area contributed by atoms with E-state index in [1.54, 1.807) is 0 Å². The van der Waals surface area contributed by atoms with E-state index in [4.69, 9.17) is 4.74 Å². The van der Waals surface area contributed by atoms with Crippen molar-refractivity contribution in [2.24, 2.45) is 0 Å². The minimum Gasteiger partial charge on any atom is -0.491 e. The molecule has 3 nitrogen and oxygen atoms in total. The third-order valence-corrected chi connectivity index (χ3v) is 3.50. The van der Waals surface area contributed by atoms with Gasteiger partial charge in [-0.2, -0.15) is 0 Å². The average Bonchev–Trinajstić information content (AvgIpc) is 2.34. The predicted molar refractivity (Wildman–Crippen MR) is 72.6 cm³/mol. The van der Waals surface area contributed by atoms with E-state index >= 15 is 0 Å². The molecule has 1 aromatic rings. The lowest BCUT2D eigenvalue weighted by Crippen LogP contribution is -2.44. The first kappa shape index (κ1) is 13.4. The summed E-state index contributed by atoms with van der Waals surface area (Å²) in [6.07, 6.45) is 1.43. The molecule has 100 valence electrons. The van der Waals surface area contributed by atoms with Gasteiger partial charge in [-0.3, -0.25) is 4.90 Å². The molecule has 1 heterocycles. The summed E-state index contributed by atoms with van der Waals surface area (Å²) in [4.78, 5) is 2.44. The SMILES string of the molecule is CC(C)Oc1ccc(CN2CC[C@@H]2C)cc1CO. The second-order valence-corrected chi connectivity index (χ2v) is 5.37. The molecule has 0 saturated carbocycles. The van der Waals surface area contributed by atoms with Gasteiger partial charge in [0.2, 0.25) is 0 Å². The van der Waals surface area contributed by atoms with Crippen LogP contribution in [0.1, 0.15) is 38.3 Å². The van der Waals surface area contributed by atoms with Crippen LogP contribution in [0.15, 0.2) is 18.2 Å². The molecule has 1 saturated heterocycles. The summed E-state index contributed by atoms with van der Waals surface area (Å²) in [5.74, 6) is 0.799. The average molecular weight is 249 g/mol. The molecule has 0 unspecified atom stereocenters. The van der Waals surface area contributed by atoms with Crippen LogP contribution in [0.25, 0.3) is 0 Å². The molecule has 2 rings (SSSR count). The molecule has 0 aromatic heterocycles. The number of nitrogens with zero attached hydrogens (tertiary/aromatic N) is 1. The van der Waals surface area contributed by atoms with Crippen molar-refractivity contribution in [2.75, 3.05) is 6.54 Å². The zero-order chi connectivity index (χ0) is 13.1. The summed E-state index contributed by atoms with van der Waals surface area (Å²) in [5.41, 5.74) is 2.14. The topological polar surface area (TPSA) is 32.7 Å². The molecular formula is C15H23NO2. The van der Waals surface area contributed by atoms with Crippen LogP contribution in [-0.2, 0) is 13.2 Å². The summed E-state index contributed by atoms with van der Waals surface area (Å²) in [6, 6.07) is 6.82. The maximum absolute atomic E-state index is 9.42. The van der Waals surface area contributed by atoms with Gasteiger partial charge in [0.05, 0.1) is 12.7 Å². The number of aliphatic hydroxyl groups is 1. The Morgan fingerprint density at radius 1 is 1.44 bits per heavy atom. The van der Waals surface area contributed by atoms with Crippen molar-refractivity contribution in [2.45, 2.75) is 52.5 Å². The smallest absolute Gasteiger partial charge is 0.125 e. The molecule has 1 aliphatic rings. The molecule has 1 atom stereocenters. The first-order valence-electron chi connectivity index (χ1n) is 6.73. The monoisotopic (exact) mass is 249 g/mol. The molecule has 0 amide bonds. The Morgan fingerprint density at radius 2 is 2.22 bits per heavy atom. The highest BCUT2D eigenvalue weighted by atomic mass is 16.5. The Labute approximate surface area is 109 Å². The van der Waals surface area contributed by atoms with Gasteiger partial charge in [-0.1, -0.05) is 6.07 Å². The van der Waals surface area contributed by atoms with Gasteiger partial charge in [0.15, 0.2) is 0 Å². The normalized spacial score (nSPS) is 19.9. The van der Waals surface area contributed by atoms with E-state index in [-0.39, 0.29) is 12.7 Å². The van der Waals surface area contributed by atoms with Crippen LogP contribution in [0.4, 0.5) is 0 Å². The number of rotatable bonds is 5. The maximum Gasteiger partial charge on any atom is 0.125 e. The quantitative estimate of drug-likeness (QED) is 0.870. The van der Waals surface area contributed by atoms with Gasteiger partial charge in [0.25, 0.3) is 0 Å². The van der Waals surface area contributed by atoms with Crippen molar-refractivity contribution in [3.8, 4) is 5.75 Å². The highest BCUT2D eigenvalue weighted by Crippen LogP contribution is 2.25. The van der Waals surface area contributed by atoms with Crippen molar-refractivity contribution in [1.82, 2.24) is 4.90 Å². The number of likely N-dealkylation sites (tertiary alicyclic amines) is 1. The zero-order valence-electron chi connectivity index (χ0n) is 11.5. The van der Waals surface area contributed by atoms with Crippen LogP contribution in [0.2, 0.25) is 0 Å². The second-order valence-electron chi connectivity index (χ2n) is 5.37. The number of ether oxygens (including phenoxy) is 1. The summed E-state index contributed by atoms with van der Waals surface area (Å²) in [6.45, 7) is 8.43. The van der Waals surface area contributed by atoms with Crippen LogP contribution in [0.3, 0.4) is 0 Å². The van der Waals surface area contributed by atoms with Gasteiger partial charge in [-0.25, -0.2) is 0 Å². The van der Waals surface area contributed by atoms with Crippen LogP contribution in [0.5, 0.6) is 5.75 Å². The van der Waals surface area contributed by atoms with Crippen molar-refractivity contribution in [3.63, 3.8) is 0 Å². The number of aliphatic hydroxyl groups excluding tert-OH is 1. The maximum atomic E-state index is 9.42. The van der Waals surface area contributed by atoms with E-state index < -0.39 is 0 Å². The summed E-state index contributed by atoms with van der Waals surface area (Å²) >= 11 is 0. The molecule has 0 radical (unpaired) electrons. The largest absolute Gasteiger partial charge is 0.491 e. The molecular weight excluding hydrogens is 226 g/mol. The van der Waals surface area contributed by atoms with E-state index in [9.17, 15) is 5.11 Å². The van der Waals surface area contributed by atoms with Crippen LogP contribution < -0.4 is 4.74 Å². The fourth-order valence-electron chi connectivity index (χ4n) is 2.26. The minimum absolute atomic E-state index is 0.0332. The van der Waals surface area contributed by atoms with Crippen molar-refractivity contribution < 1.29 is 9.84 Å². The first-order valence-corrected chi connectivity index (χ1v) is 6.73. The molecule has 1 fully saturated rings. The third kappa shape index (κ3) is 3.03. The lowest BCUT2D eigenvalue weighted by Gasteiger charge is -2.38. The Morgan fingerprint density at radius 3 is 2.72 bits per heavy atom. The third-order valence-electron chi connectivity index (χ3n) is 3.50. The molecule has 1 aromatic carbocycles. The highest BCUT2D eigenvalue weighted by molar-refractivity contribution is 5.37. The second kappa shape index (κ2) is 5.72. The van der Waals surface area contributed by atoms with Gasteiger partial charge >= 0.3 is 0 Å². The van der Waals surface area contributed by atoms with Crippen LogP contribution in [-0.4, -0.2) is 28.7 Å². The van der Waals surface area contributed by atoms with Gasteiger partial charge in [-0.05, 0) is 44.9 Å². The molecule has 0 aliphatic carbocycles. The van der Waals surface area contributed by atoms with E-state index in [1.165, 1.54) is 18.5 Å². The number of benzene rings is 1. The Kier molecular flexibility index (Phi) is 4.25. The fraction of sp³-hybridized carbons (Fsp3) is 0.600. The van der Waals surface area contributed by atoms with E-state index in [1.807, 2.05) is 19.9 Å². The summed E-state index contributed by atoms with van der Waals surface area (Å²) in [7, 11) is 0. The van der Waals surface area contributed by atoms with Crippen molar-refractivity contribution in [1.29, 1.82) is 0 Å². The van der Waals surface area contributed by atoms with E-state index in [0.717, 1.165) is 17.9 Å². The van der Waals surface area contributed by atoms with Crippen molar-refractivity contribution >= 4 is 0 Å². The minimum atomic E-state index is 0.0332. The van der Waals surface area contributed by atoms with Gasteiger partial charge in [0, 0.05) is 24.7 Å². The lowest BCUT2D eigenvalue weighted by molar-refractivity contribution is 0.0958. The molecule has 18 heavy (non-hydrogen) atoms. The van der Waals surface area contributed by atoms with E-state index in [0.29, 0.717) is 6.04 Å². The Bertz CT molecular complexity index is 403. The van der Waals surface area contributed by atoms with E-state index in [2.05, 4.69) is 24.0 Å². The zero-order valence-corrected chi connectivity index (χ0v) is 11.5. The standard InChI is InChI=1S/C15H23NO2/c1-11(2)18-15-5-4-13(8-14(15)10-17)9-16-7-6-12(16)3/h4-5,8,11-12,17H,6-7,9-10H2,1-3H3/t12-/m0/s1. The number of hydrogen-bond acceptors (Lipinski definition) is 3. The highest BCUT2D eigenvalue weighted by Gasteiger charge is 2.23. The van der Waals surface area contributed by atoms with Gasteiger partial charge < -0.3 is 9.84 Å². The Hall–Kier alpha value is -1.06. The Balaban J connectivity index is 2.08. The molecule has 3 heteroatoms. The van der Waals surface area contributed by atoms with Gasteiger partial charge in [0.1, 0.15) is 5.75 Å². The lowest BCUT2D eigenvalue weighted by atomic mass is 10.0. The van der Waals surface area contributed by atoms with Gasteiger partial charge in [-0.15, -0.1) is 0 Å². The van der Waals surface area contributed by atoms with Crippen molar-refractivity contribution in [3.05, 3.63) is 29.3 Å². The summed E-state index contributed by atoms with van der Waals surface area (Å²) in [5, 5.41) is 9.42. The molecule has 0 spiro atoms. The molecule has 1 aliphatic heterocycles.